The first-order chi connectivity index (χ1) is 9.65. The Bertz CT molecular complexity index is 590. The average Bonchev–Trinajstić information content (AvgIpc) is 2.94. The third kappa shape index (κ3) is 2.97. The van der Waals surface area contributed by atoms with E-state index in [-0.39, 0.29) is 18.6 Å². The van der Waals surface area contributed by atoms with Gasteiger partial charge in [-0.2, -0.15) is 5.10 Å². The van der Waals surface area contributed by atoms with Crippen molar-refractivity contribution in [1.82, 2.24) is 15.1 Å². The number of aromatic nitrogens is 2. The normalized spacial score (nSPS) is 12.1. The third-order valence-electron chi connectivity index (χ3n) is 3.05. The van der Waals surface area contributed by atoms with E-state index in [1.807, 2.05) is 25.1 Å². The summed E-state index contributed by atoms with van der Waals surface area (Å²) in [5.41, 5.74) is 7.47. The minimum Gasteiger partial charge on any atom is -0.397 e. The molecule has 1 aromatic carbocycles. The summed E-state index contributed by atoms with van der Waals surface area (Å²) in [5.74, 6) is -0.306. The number of nitrogens with two attached hydrogens (primary N) is 1. The maximum absolute atomic E-state index is 12.0. The van der Waals surface area contributed by atoms with E-state index < -0.39 is 0 Å². The highest BCUT2D eigenvalue weighted by Crippen LogP contribution is 2.15. The van der Waals surface area contributed by atoms with Gasteiger partial charge in [0.15, 0.2) is 5.69 Å². The summed E-state index contributed by atoms with van der Waals surface area (Å²) in [6.07, 6.45) is 2.34. The molecule has 1 heterocycles. The first-order valence-electron chi connectivity index (χ1n) is 6.48. The van der Waals surface area contributed by atoms with Crippen molar-refractivity contribution in [3.05, 3.63) is 42.2 Å². The van der Waals surface area contributed by atoms with E-state index in [2.05, 4.69) is 10.4 Å². The number of nitrogens with one attached hydrogen (secondary N) is 1. The molecule has 0 aliphatic carbocycles. The van der Waals surface area contributed by atoms with Crippen LogP contribution in [0.2, 0.25) is 0 Å². The number of amides is 1. The largest absolute Gasteiger partial charge is 0.397 e. The number of anilines is 1. The predicted molar refractivity (Wildman–Crippen MR) is 76.6 cm³/mol. The SMILES string of the molecule is CC[C@@H](CO)NC(=O)c1ccn(-c2ccccc2N)n1. The van der Waals surface area contributed by atoms with Crippen molar-refractivity contribution in [1.29, 1.82) is 0 Å². The fourth-order valence-corrected chi connectivity index (χ4v) is 1.81. The standard InChI is InChI=1S/C14H18N4O2/c1-2-10(9-19)16-14(20)12-7-8-18(17-12)13-6-4-3-5-11(13)15/h3-8,10,19H,2,9,15H2,1H3,(H,16,20)/t10-/m0/s1. The number of hydrogen-bond donors (Lipinski definition) is 3. The third-order valence-corrected chi connectivity index (χ3v) is 3.05. The van der Waals surface area contributed by atoms with Gasteiger partial charge in [0.05, 0.1) is 24.0 Å². The van der Waals surface area contributed by atoms with Gasteiger partial charge in [-0.1, -0.05) is 19.1 Å². The van der Waals surface area contributed by atoms with Gasteiger partial charge in [-0.3, -0.25) is 4.79 Å². The van der Waals surface area contributed by atoms with Crippen molar-refractivity contribution in [2.75, 3.05) is 12.3 Å². The molecule has 0 saturated carbocycles. The molecule has 0 radical (unpaired) electrons. The molecule has 1 aromatic heterocycles. The lowest BCUT2D eigenvalue weighted by Crippen LogP contribution is -2.37. The lowest BCUT2D eigenvalue weighted by Gasteiger charge is -2.12. The molecule has 1 atom stereocenters. The summed E-state index contributed by atoms with van der Waals surface area (Å²) in [6.45, 7) is 1.80. The van der Waals surface area contributed by atoms with Crippen LogP contribution < -0.4 is 11.1 Å². The minimum atomic E-state index is -0.306. The second-order valence-corrected chi connectivity index (χ2v) is 4.47. The Morgan fingerprint density at radius 1 is 1.45 bits per heavy atom. The number of nitrogens with zero attached hydrogens (tertiary/aromatic N) is 2. The highest BCUT2D eigenvalue weighted by molar-refractivity contribution is 5.92. The molecular weight excluding hydrogens is 256 g/mol. The fraction of sp³-hybridized carbons (Fsp3) is 0.286. The molecule has 0 spiro atoms. The van der Waals surface area contributed by atoms with Crippen molar-refractivity contribution < 1.29 is 9.90 Å². The summed E-state index contributed by atoms with van der Waals surface area (Å²) in [4.78, 5) is 12.0. The van der Waals surface area contributed by atoms with Gasteiger partial charge in [0.25, 0.3) is 5.91 Å². The van der Waals surface area contributed by atoms with Crippen molar-refractivity contribution >= 4 is 11.6 Å². The van der Waals surface area contributed by atoms with Gasteiger partial charge in [-0.15, -0.1) is 0 Å². The first-order valence-corrected chi connectivity index (χ1v) is 6.48. The van der Waals surface area contributed by atoms with Gasteiger partial charge < -0.3 is 16.2 Å². The monoisotopic (exact) mass is 274 g/mol. The van der Waals surface area contributed by atoms with Crippen LogP contribution in [-0.2, 0) is 0 Å². The van der Waals surface area contributed by atoms with Crippen LogP contribution in [-0.4, -0.2) is 33.4 Å². The second kappa shape index (κ2) is 6.21. The molecule has 4 N–H and O–H groups in total. The Hall–Kier alpha value is -2.34. The number of hydrogen-bond acceptors (Lipinski definition) is 4. The van der Waals surface area contributed by atoms with E-state index in [1.54, 1.807) is 23.0 Å². The van der Waals surface area contributed by atoms with Gasteiger partial charge in [0, 0.05) is 6.20 Å². The molecule has 1 amide bonds. The van der Waals surface area contributed by atoms with E-state index in [0.29, 0.717) is 17.8 Å². The molecule has 20 heavy (non-hydrogen) atoms. The quantitative estimate of drug-likeness (QED) is 0.708. The zero-order valence-electron chi connectivity index (χ0n) is 11.3. The number of nitrogen functional groups attached to an aromatic ring is 1. The summed E-state index contributed by atoms with van der Waals surface area (Å²) >= 11 is 0. The number of aliphatic hydroxyl groups is 1. The molecule has 0 unspecified atom stereocenters. The predicted octanol–water partition coefficient (Wildman–Crippen LogP) is 0.955. The van der Waals surface area contributed by atoms with Crippen LogP contribution in [0.1, 0.15) is 23.8 Å². The van der Waals surface area contributed by atoms with Crippen molar-refractivity contribution in [3.8, 4) is 5.69 Å². The summed E-state index contributed by atoms with van der Waals surface area (Å²) < 4.78 is 1.56. The molecule has 6 nitrogen and oxygen atoms in total. The molecule has 0 saturated heterocycles. The number of carbonyl (C=O) groups excluding carboxylic acids is 1. The Balaban J connectivity index is 2.17. The Kier molecular flexibility index (Phi) is 4.37. The summed E-state index contributed by atoms with van der Waals surface area (Å²) in [6, 6.07) is 8.65. The topological polar surface area (TPSA) is 93.2 Å². The Morgan fingerprint density at radius 3 is 2.85 bits per heavy atom. The van der Waals surface area contributed by atoms with Crippen LogP contribution in [0.5, 0.6) is 0 Å². The number of aliphatic hydroxyl groups excluding tert-OH is 1. The molecule has 106 valence electrons. The van der Waals surface area contributed by atoms with Crippen LogP contribution in [0.25, 0.3) is 5.69 Å². The maximum atomic E-state index is 12.0. The number of carbonyl (C=O) groups is 1. The van der Waals surface area contributed by atoms with Crippen LogP contribution in [0.3, 0.4) is 0 Å². The fourth-order valence-electron chi connectivity index (χ4n) is 1.81. The molecule has 0 aliphatic heterocycles. The van der Waals surface area contributed by atoms with E-state index >= 15 is 0 Å². The summed E-state index contributed by atoms with van der Waals surface area (Å²) in [7, 11) is 0. The molecule has 0 fully saturated rings. The smallest absolute Gasteiger partial charge is 0.272 e. The number of para-hydroxylation sites is 2. The molecule has 6 heteroatoms. The minimum absolute atomic E-state index is 0.0887. The van der Waals surface area contributed by atoms with Crippen molar-refractivity contribution in [3.63, 3.8) is 0 Å². The van der Waals surface area contributed by atoms with Crippen LogP contribution in [0.4, 0.5) is 5.69 Å². The van der Waals surface area contributed by atoms with Gasteiger partial charge >= 0.3 is 0 Å². The number of rotatable bonds is 5. The Labute approximate surface area is 117 Å². The maximum Gasteiger partial charge on any atom is 0.272 e. The van der Waals surface area contributed by atoms with Crippen LogP contribution >= 0.6 is 0 Å². The highest BCUT2D eigenvalue weighted by atomic mass is 16.3. The lowest BCUT2D eigenvalue weighted by atomic mass is 10.2. The van der Waals surface area contributed by atoms with Gasteiger partial charge in [-0.05, 0) is 24.6 Å². The molecule has 2 rings (SSSR count). The van der Waals surface area contributed by atoms with E-state index in [9.17, 15) is 4.79 Å². The molecule has 0 bridgehead atoms. The molecule has 0 aliphatic rings. The first kappa shape index (κ1) is 14.1. The van der Waals surface area contributed by atoms with E-state index in [0.717, 1.165) is 5.69 Å². The Morgan fingerprint density at radius 2 is 2.20 bits per heavy atom. The van der Waals surface area contributed by atoms with E-state index in [1.165, 1.54) is 0 Å². The molecule has 2 aromatic rings. The van der Waals surface area contributed by atoms with Crippen LogP contribution in [0.15, 0.2) is 36.5 Å². The summed E-state index contributed by atoms with van der Waals surface area (Å²) in [5, 5.41) is 16.0. The van der Waals surface area contributed by atoms with Crippen molar-refractivity contribution in [2.24, 2.45) is 0 Å². The van der Waals surface area contributed by atoms with E-state index in [4.69, 9.17) is 10.8 Å². The van der Waals surface area contributed by atoms with Gasteiger partial charge in [0.2, 0.25) is 0 Å². The van der Waals surface area contributed by atoms with Gasteiger partial charge in [-0.25, -0.2) is 4.68 Å². The lowest BCUT2D eigenvalue weighted by molar-refractivity contribution is 0.0909. The van der Waals surface area contributed by atoms with Gasteiger partial charge in [0.1, 0.15) is 0 Å². The second-order valence-electron chi connectivity index (χ2n) is 4.47. The zero-order chi connectivity index (χ0) is 14.5. The van der Waals surface area contributed by atoms with Crippen molar-refractivity contribution in [2.45, 2.75) is 19.4 Å². The van der Waals surface area contributed by atoms with Crippen LogP contribution in [0, 0.1) is 0 Å². The average molecular weight is 274 g/mol. The zero-order valence-corrected chi connectivity index (χ0v) is 11.3. The number of benzene rings is 1. The highest BCUT2D eigenvalue weighted by Gasteiger charge is 2.14. The molecular formula is C14H18N4O2.